The standard InChI is InChI=1S/C24H23F2N3O3/c1-15(27)3-2-4-20(24(31)29-14-18-6-7-19(25)12-21(18)26)23(30)28-13-16-5-8-22-17(11-16)9-10-32-22/h2-3,5-12,20,27H,4,13-14H2,1H3,(H,28,30)(H,29,31)/b3-2+,27-15?. The molecule has 0 fully saturated rings. The number of rotatable bonds is 9. The molecule has 1 aromatic heterocycles. The third-order valence-corrected chi connectivity index (χ3v) is 4.82. The van der Waals surface area contributed by atoms with Gasteiger partial charge >= 0.3 is 0 Å². The van der Waals surface area contributed by atoms with Gasteiger partial charge in [-0.25, -0.2) is 8.78 Å². The van der Waals surface area contributed by atoms with Gasteiger partial charge in [-0.2, -0.15) is 0 Å². The van der Waals surface area contributed by atoms with Crippen molar-refractivity contribution in [3.05, 3.63) is 83.6 Å². The van der Waals surface area contributed by atoms with E-state index in [-0.39, 0.29) is 30.8 Å². The van der Waals surface area contributed by atoms with Gasteiger partial charge in [0.05, 0.1) is 6.26 Å². The molecule has 1 heterocycles. The second-order valence-corrected chi connectivity index (χ2v) is 7.34. The SMILES string of the molecule is CC(=N)/C=C/CC(C(=O)NCc1ccc2occc2c1)C(=O)NCc1ccc(F)cc1F. The Morgan fingerprint density at radius 2 is 1.81 bits per heavy atom. The van der Waals surface area contributed by atoms with Crippen molar-refractivity contribution in [3.63, 3.8) is 0 Å². The third kappa shape index (κ3) is 6.10. The molecule has 2 amide bonds. The number of allylic oxidation sites excluding steroid dienone is 2. The minimum atomic E-state index is -1.08. The third-order valence-electron chi connectivity index (χ3n) is 4.82. The lowest BCUT2D eigenvalue weighted by Gasteiger charge is -2.16. The summed E-state index contributed by atoms with van der Waals surface area (Å²) in [5, 5.41) is 13.7. The molecule has 3 rings (SSSR count). The highest BCUT2D eigenvalue weighted by atomic mass is 19.1. The highest BCUT2D eigenvalue weighted by Gasteiger charge is 2.25. The van der Waals surface area contributed by atoms with E-state index in [2.05, 4.69) is 10.6 Å². The molecule has 32 heavy (non-hydrogen) atoms. The van der Waals surface area contributed by atoms with E-state index >= 15 is 0 Å². The second kappa shape index (κ2) is 10.5. The van der Waals surface area contributed by atoms with Crippen molar-refractivity contribution in [2.24, 2.45) is 5.92 Å². The second-order valence-electron chi connectivity index (χ2n) is 7.34. The Kier molecular flexibility index (Phi) is 7.49. The largest absolute Gasteiger partial charge is 0.464 e. The van der Waals surface area contributed by atoms with Gasteiger partial charge < -0.3 is 20.5 Å². The van der Waals surface area contributed by atoms with E-state index < -0.39 is 29.4 Å². The number of nitrogens with one attached hydrogen (secondary N) is 3. The van der Waals surface area contributed by atoms with Crippen LogP contribution < -0.4 is 10.6 Å². The van der Waals surface area contributed by atoms with Crippen molar-refractivity contribution in [2.45, 2.75) is 26.4 Å². The Morgan fingerprint density at radius 1 is 1.06 bits per heavy atom. The summed E-state index contributed by atoms with van der Waals surface area (Å²) in [5.41, 5.74) is 1.97. The number of halogens is 2. The number of hydrogen-bond donors (Lipinski definition) is 3. The minimum Gasteiger partial charge on any atom is -0.464 e. The summed E-state index contributed by atoms with van der Waals surface area (Å²) in [7, 11) is 0. The van der Waals surface area contributed by atoms with Crippen LogP contribution in [0.3, 0.4) is 0 Å². The first-order valence-corrected chi connectivity index (χ1v) is 10.0. The smallest absolute Gasteiger partial charge is 0.233 e. The van der Waals surface area contributed by atoms with Gasteiger partial charge in [0.25, 0.3) is 0 Å². The Balaban J connectivity index is 1.66. The summed E-state index contributed by atoms with van der Waals surface area (Å²) in [6.07, 6.45) is 4.72. The van der Waals surface area contributed by atoms with Crippen LogP contribution in [0.4, 0.5) is 8.78 Å². The van der Waals surface area contributed by atoms with Crippen LogP contribution in [0.15, 0.2) is 65.3 Å². The molecule has 2 aromatic carbocycles. The lowest BCUT2D eigenvalue weighted by molar-refractivity contribution is -0.135. The molecule has 0 aliphatic rings. The molecule has 3 aromatic rings. The predicted molar refractivity (Wildman–Crippen MR) is 117 cm³/mol. The zero-order chi connectivity index (χ0) is 23.1. The van der Waals surface area contributed by atoms with E-state index in [9.17, 15) is 18.4 Å². The number of furan rings is 1. The monoisotopic (exact) mass is 439 g/mol. The number of hydrogen-bond acceptors (Lipinski definition) is 4. The van der Waals surface area contributed by atoms with E-state index in [0.717, 1.165) is 28.7 Å². The first-order chi connectivity index (χ1) is 15.3. The lowest BCUT2D eigenvalue weighted by Crippen LogP contribution is -2.40. The molecule has 1 unspecified atom stereocenters. The summed E-state index contributed by atoms with van der Waals surface area (Å²) in [5.74, 6) is -3.66. The first kappa shape index (κ1) is 22.9. The van der Waals surface area contributed by atoms with Gasteiger partial charge in [0.15, 0.2) is 0 Å². The van der Waals surface area contributed by atoms with Crippen molar-refractivity contribution in [2.75, 3.05) is 0 Å². The van der Waals surface area contributed by atoms with E-state index in [1.54, 1.807) is 25.3 Å². The van der Waals surface area contributed by atoms with Crippen molar-refractivity contribution < 1.29 is 22.8 Å². The molecule has 6 nitrogen and oxygen atoms in total. The number of carbonyl (C=O) groups is 2. The fraction of sp³-hybridized carbons (Fsp3) is 0.208. The summed E-state index contributed by atoms with van der Waals surface area (Å²) >= 11 is 0. The van der Waals surface area contributed by atoms with Gasteiger partial charge in [-0.05, 0) is 49.2 Å². The van der Waals surface area contributed by atoms with Gasteiger partial charge in [-0.15, -0.1) is 0 Å². The fourth-order valence-corrected chi connectivity index (χ4v) is 3.12. The van der Waals surface area contributed by atoms with E-state index in [1.165, 1.54) is 12.1 Å². The Labute approximate surface area is 183 Å². The topological polar surface area (TPSA) is 95.2 Å². The average Bonchev–Trinajstić information content (AvgIpc) is 3.22. The Hall–Kier alpha value is -3.81. The molecule has 0 bridgehead atoms. The Bertz CT molecular complexity index is 1170. The number of benzene rings is 2. The van der Waals surface area contributed by atoms with Crippen LogP contribution in [-0.2, 0) is 22.7 Å². The van der Waals surface area contributed by atoms with Crippen LogP contribution in [0, 0.1) is 23.0 Å². The summed E-state index contributed by atoms with van der Waals surface area (Å²) in [6.45, 7) is 1.61. The lowest BCUT2D eigenvalue weighted by atomic mass is 10.0. The Morgan fingerprint density at radius 3 is 2.53 bits per heavy atom. The van der Waals surface area contributed by atoms with Crippen LogP contribution in [0.2, 0.25) is 0 Å². The van der Waals surface area contributed by atoms with Crippen molar-refractivity contribution in [1.29, 1.82) is 5.41 Å². The quantitative estimate of drug-likeness (QED) is 0.344. The van der Waals surface area contributed by atoms with Gasteiger partial charge in [0, 0.05) is 35.8 Å². The van der Waals surface area contributed by atoms with Gasteiger partial charge in [-0.3, -0.25) is 9.59 Å². The molecule has 0 aliphatic carbocycles. The van der Waals surface area contributed by atoms with Crippen LogP contribution in [0.5, 0.6) is 0 Å². The maximum atomic E-state index is 13.8. The zero-order valence-corrected chi connectivity index (χ0v) is 17.5. The van der Waals surface area contributed by atoms with Crippen LogP contribution in [0.25, 0.3) is 11.0 Å². The molecule has 0 radical (unpaired) electrons. The molecule has 8 heteroatoms. The molecule has 3 N–H and O–H groups in total. The molecule has 0 saturated carbocycles. The average molecular weight is 439 g/mol. The number of fused-ring (bicyclic) bond motifs is 1. The molecule has 0 spiro atoms. The van der Waals surface area contributed by atoms with E-state index in [1.807, 2.05) is 18.2 Å². The maximum Gasteiger partial charge on any atom is 0.233 e. The number of carbonyl (C=O) groups excluding carboxylic acids is 2. The predicted octanol–water partition coefficient (Wildman–Crippen LogP) is 4.25. The van der Waals surface area contributed by atoms with Crippen LogP contribution >= 0.6 is 0 Å². The minimum absolute atomic E-state index is 0.0700. The van der Waals surface area contributed by atoms with E-state index in [4.69, 9.17) is 9.83 Å². The van der Waals surface area contributed by atoms with Gasteiger partial charge in [0.1, 0.15) is 23.1 Å². The van der Waals surface area contributed by atoms with Crippen molar-refractivity contribution in [3.8, 4) is 0 Å². The van der Waals surface area contributed by atoms with E-state index in [0.29, 0.717) is 0 Å². The van der Waals surface area contributed by atoms with Crippen molar-refractivity contribution >= 4 is 28.5 Å². The summed E-state index contributed by atoms with van der Waals surface area (Å²) in [6, 6.07) is 10.4. The fourth-order valence-electron chi connectivity index (χ4n) is 3.12. The summed E-state index contributed by atoms with van der Waals surface area (Å²) < 4.78 is 32.2. The molecule has 166 valence electrons. The molecular weight excluding hydrogens is 416 g/mol. The highest BCUT2D eigenvalue weighted by Crippen LogP contribution is 2.17. The van der Waals surface area contributed by atoms with Gasteiger partial charge in [0.2, 0.25) is 11.8 Å². The normalized spacial score (nSPS) is 12.1. The van der Waals surface area contributed by atoms with Crippen molar-refractivity contribution in [1.82, 2.24) is 10.6 Å². The van der Waals surface area contributed by atoms with Crippen LogP contribution in [-0.4, -0.2) is 17.5 Å². The number of amides is 2. The maximum absolute atomic E-state index is 13.8. The highest BCUT2D eigenvalue weighted by molar-refractivity contribution is 6.00. The van der Waals surface area contributed by atoms with Crippen LogP contribution in [0.1, 0.15) is 24.5 Å². The molecule has 0 saturated heterocycles. The first-order valence-electron chi connectivity index (χ1n) is 10.0. The molecule has 0 aliphatic heterocycles. The van der Waals surface area contributed by atoms with Gasteiger partial charge in [-0.1, -0.05) is 18.2 Å². The molecular formula is C24H23F2N3O3. The zero-order valence-electron chi connectivity index (χ0n) is 17.5. The molecule has 1 atom stereocenters. The summed E-state index contributed by atoms with van der Waals surface area (Å²) in [4.78, 5) is 25.5.